The smallest absolute Gasteiger partial charge is 0.270 e. The molecule has 0 fully saturated rings. The van der Waals surface area contributed by atoms with E-state index >= 15 is 0 Å². The van der Waals surface area contributed by atoms with Crippen molar-refractivity contribution in [2.75, 3.05) is 11.4 Å². The zero-order valence-electron chi connectivity index (χ0n) is 13.2. The molecule has 0 radical (unpaired) electrons. The molecule has 1 aromatic heterocycles. The molecule has 3 aromatic rings. The standard InChI is InChI=1S/C17H15N3O3S/c1-3-19(16(21)12-7-5-8-13(10-12)20(22)23)17-18-15-11(2)6-4-9-14(15)24-17/h4-10H,3H2,1-2H3. The van der Waals surface area contributed by atoms with Gasteiger partial charge in [0.1, 0.15) is 0 Å². The molecule has 0 spiro atoms. The molecule has 0 bridgehead atoms. The van der Waals surface area contributed by atoms with Crippen molar-refractivity contribution in [2.45, 2.75) is 13.8 Å². The number of hydrogen-bond donors (Lipinski definition) is 0. The number of para-hydroxylation sites is 1. The van der Waals surface area contributed by atoms with E-state index in [-0.39, 0.29) is 17.2 Å². The van der Waals surface area contributed by atoms with Gasteiger partial charge in [-0.15, -0.1) is 0 Å². The average Bonchev–Trinajstić information content (AvgIpc) is 3.01. The third-order valence-electron chi connectivity index (χ3n) is 3.71. The summed E-state index contributed by atoms with van der Waals surface area (Å²) in [7, 11) is 0. The van der Waals surface area contributed by atoms with Crippen LogP contribution in [0.15, 0.2) is 42.5 Å². The van der Waals surface area contributed by atoms with Gasteiger partial charge in [0, 0.05) is 24.2 Å². The summed E-state index contributed by atoms with van der Waals surface area (Å²) in [5.74, 6) is -0.294. The first kappa shape index (κ1) is 16.1. The number of carbonyl (C=O) groups is 1. The van der Waals surface area contributed by atoms with Crippen molar-refractivity contribution in [2.24, 2.45) is 0 Å². The van der Waals surface area contributed by atoms with Gasteiger partial charge in [-0.1, -0.05) is 29.5 Å². The van der Waals surface area contributed by atoms with Gasteiger partial charge in [0.05, 0.1) is 15.1 Å². The Kier molecular flexibility index (Phi) is 4.26. The quantitative estimate of drug-likeness (QED) is 0.527. The number of amides is 1. The molecular formula is C17H15N3O3S. The van der Waals surface area contributed by atoms with Crippen molar-refractivity contribution < 1.29 is 9.72 Å². The minimum absolute atomic E-state index is 0.1000. The van der Waals surface area contributed by atoms with Gasteiger partial charge in [0.15, 0.2) is 5.13 Å². The Balaban J connectivity index is 2.01. The van der Waals surface area contributed by atoms with Crippen LogP contribution in [0.3, 0.4) is 0 Å². The number of hydrogen-bond acceptors (Lipinski definition) is 5. The Morgan fingerprint density at radius 3 is 2.71 bits per heavy atom. The van der Waals surface area contributed by atoms with Gasteiger partial charge in [-0.25, -0.2) is 4.98 Å². The zero-order valence-corrected chi connectivity index (χ0v) is 14.0. The molecule has 0 aliphatic heterocycles. The molecule has 0 saturated carbocycles. The summed E-state index contributed by atoms with van der Waals surface area (Å²) in [4.78, 5) is 29.3. The summed E-state index contributed by atoms with van der Waals surface area (Å²) in [6.07, 6.45) is 0. The maximum Gasteiger partial charge on any atom is 0.270 e. The number of rotatable bonds is 4. The van der Waals surface area contributed by atoms with Crippen molar-refractivity contribution in [1.29, 1.82) is 0 Å². The second kappa shape index (κ2) is 6.37. The number of nitro benzene ring substituents is 1. The first-order valence-electron chi connectivity index (χ1n) is 7.43. The van der Waals surface area contributed by atoms with E-state index in [0.717, 1.165) is 15.8 Å². The molecule has 0 aliphatic rings. The number of fused-ring (bicyclic) bond motifs is 1. The summed E-state index contributed by atoms with van der Waals surface area (Å²) in [6.45, 7) is 4.26. The highest BCUT2D eigenvalue weighted by molar-refractivity contribution is 7.22. The van der Waals surface area contributed by atoms with E-state index in [9.17, 15) is 14.9 Å². The van der Waals surface area contributed by atoms with Gasteiger partial charge in [0.2, 0.25) is 0 Å². The number of nitro groups is 1. The molecule has 6 nitrogen and oxygen atoms in total. The fraction of sp³-hybridized carbons (Fsp3) is 0.176. The van der Waals surface area contributed by atoms with Crippen molar-refractivity contribution >= 4 is 38.3 Å². The largest absolute Gasteiger partial charge is 0.284 e. The van der Waals surface area contributed by atoms with Crippen molar-refractivity contribution in [1.82, 2.24) is 4.98 Å². The fourth-order valence-electron chi connectivity index (χ4n) is 2.46. The number of benzene rings is 2. The Labute approximate surface area is 142 Å². The highest BCUT2D eigenvalue weighted by Gasteiger charge is 2.21. The third-order valence-corrected chi connectivity index (χ3v) is 4.75. The molecule has 0 aliphatic carbocycles. The topological polar surface area (TPSA) is 76.3 Å². The molecule has 0 saturated heterocycles. The maximum atomic E-state index is 12.8. The Morgan fingerprint density at radius 2 is 2.04 bits per heavy atom. The van der Waals surface area contributed by atoms with E-state index in [1.54, 1.807) is 11.0 Å². The third kappa shape index (κ3) is 2.85. The Hall–Kier alpha value is -2.80. The number of non-ortho nitro benzene ring substituents is 1. The van der Waals surface area contributed by atoms with E-state index in [1.807, 2.05) is 32.0 Å². The van der Waals surface area contributed by atoms with Crippen molar-refractivity contribution in [3.63, 3.8) is 0 Å². The van der Waals surface area contributed by atoms with Gasteiger partial charge < -0.3 is 0 Å². The number of carbonyl (C=O) groups excluding carboxylic acids is 1. The molecule has 2 aromatic carbocycles. The van der Waals surface area contributed by atoms with Crippen LogP contribution in [0.5, 0.6) is 0 Å². The van der Waals surface area contributed by atoms with Gasteiger partial charge in [-0.2, -0.15) is 0 Å². The van der Waals surface area contributed by atoms with Gasteiger partial charge >= 0.3 is 0 Å². The van der Waals surface area contributed by atoms with Crippen LogP contribution in [0.2, 0.25) is 0 Å². The van der Waals surface area contributed by atoms with Gasteiger partial charge in [0.25, 0.3) is 11.6 Å². The molecule has 0 atom stereocenters. The normalized spacial score (nSPS) is 10.8. The van der Waals surface area contributed by atoms with Crippen LogP contribution >= 0.6 is 11.3 Å². The van der Waals surface area contributed by atoms with E-state index in [4.69, 9.17) is 0 Å². The number of nitrogens with zero attached hydrogens (tertiary/aromatic N) is 3. The summed E-state index contributed by atoms with van der Waals surface area (Å²) < 4.78 is 1.01. The molecule has 1 amide bonds. The predicted octanol–water partition coefficient (Wildman–Crippen LogP) is 4.18. The summed E-state index contributed by atoms with van der Waals surface area (Å²) in [5.41, 5.74) is 2.11. The van der Waals surface area contributed by atoms with Gasteiger partial charge in [-0.05, 0) is 31.5 Å². The molecular weight excluding hydrogens is 326 g/mol. The van der Waals surface area contributed by atoms with E-state index in [1.165, 1.54) is 29.5 Å². The molecule has 1 heterocycles. The monoisotopic (exact) mass is 341 g/mol. The van der Waals surface area contributed by atoms with Gasteiger partial charge in [-0.3, -0.25) is 19.8 Å². The lowest BCUT2D eigenvalue weighted by Crippen LogP contribution is -2.30. The van der Waals surface area contributed by atoms with Crippen molar-refractivity contribution in [3.8, 4) is 0 Å². The number of thiazole rings is 1. The highest BCUT2D eigenvalue weighted by Crippen LogP contribution is 2.31. The van der Waals surface area contributed by atoms with Crippen LogP contribution in [0, 0.1) is 17.0 Å². The zero-order chi connectivity index (χ0) is 17.3. The average molecular weight is 341 g/mol. The lowest BCUT2D eigenvalue weighted by Gasteiger charge is -2.17. The summed E-state index contributed by atoms with van der Waals surface area (Å²) in [5, 5.41) is 11.5. The van der Waals surface area contributed by atoms with Crippen LogP contribution < -0.4 is 4.90 Å². The van der Waals surface area contributed by atoms with E-state index < -0.39 is 4.92 Å². The summed E-state index contributed by atoms with van der Waals surface area (Å²) >= 11 is 1.44. The Morgan fingerprint density at radius 1 is 1.29 bits per heavy atom. The molecule has 0 N–H and O–H groups in total. The first-order chi connectivity index (χ1) is 11.5. The molecule has 0 unspecified atom stereocenters. The second-order valence-corrected chi connectivity index (χ2v) is 6.28. The molecule has 7 heteroatoms. The lowest BCUT2D eigenvalue weighted by atomic mass is 10.2. The summed E-state index contributed by atoms with van der Waals surface area (Å²) in [6, 6.07) is 11.7. The molecule has 24 heavy (non-hydrogen) atoms. The predicted molar refractivity (Wildman–Crippen MR) is 94.8 cm³/mol. The highest BCUT2D eigenvalue weighted by atomic mass is 32.1. The minimum atomic E-state index is -0.506. The van der Waals surface area contributed by atoms with E-state index in [0.29, 0.717) is 11.7 Å². The Bertz CT molecular complexity index is 936. The molecule has 122 valence electrons. The maximum absolute atomic E-state index is 12.8. The SMILES string of the molecule is CCN(C(=O)c1cccc([N+](=O)[O-])c1)c1nc2c(C)cccc2s1. The van der Waals surface area contributed by atoms with E-state index in [2.05, 4.69) is 4.98 Å². The number of anilines is 1. The second-order valence-electron chi connectivity index (χ2n) is 5.27. The van der Waals surface area contributed by atoms with Crippen LogP contribution in [0.1, 0.15) is 22.8 Å². The minimum Gasteiger partial charge on any atom is -0.284 e. The number of aryl methyl sites for hydroxylation is 1. The van der Waals surface area contributed by atoms with Crippen LogP contribution in [-0.4, -0.2) is 22.4 Å². The fourth-order valence-corrected chi connectivity index (χ4v) is 3.57. The van der Waals surface area contributed by atoms with Crippen LogP contribution in [-0.2, 0) is 0 Å². The number of aromatic nitrogens is 1. The van der Waals surface area contributed by atoms with Crippen molar-refractivity contribution in [3.05, 3.63) is 63.7 Å². The van der Waals surface area contributed by atoms with Crippen LogP contribution in [0.4, 0.5) is 10.8 Å². The molecule has 3 rings (SSSR count). The first-order valence-corrected chi connectivity index (χ1v) is 8.25. The van der Waals surface area contributed by atoms with Crippen LogP contribution in [0.25, 0.3) is 10.2 Å². The lowest BCUT2D eigenvalue weighted by molar-refractivity contribution is -0.384.